The van der Waals surface area contributed by atoms with Gasteiger partial charge in [0.05, 0.1) is 18.4 Å². The third kappa shape index (κ3) is 4.32. The Hall–Kier alpha value is -3.04. The highest BCUT2D eigenvalue weighted by Gasteiger charge is 2.20. The number of hydrogen-bond donors (Lipinski definition) is 3. The van der Waals surface area contributed by atoms with Gasteiger partial charge in [-0.05, 0) is 27.7 Å². The van der Waals surface area contributed by atoms with Gasteiger partial charge < -0.3 is 24.9 Å². The van der Waals surface area contributed by atoms with Gasteiger partial charge in [0.25, 0.3) is 5.56 Å². The van der Waals surface area contributed by atoms with Crippen LogP contribution in [0.5, 0.6) is 5.88 Å². The third-order valence-electron chi connectivity index (χ3n) is 3.28. The molecule has 2 aromatic heterocycles. The van der Waals surface area contributed by atoms with E-state index >= 15 is 0 Å². The van der Waals surface area contributed by atoms with E-state index < -0.39 is 29.1 Å². The number of carbonyl (C=O) groups excluding carboxylic acids is 2. The van der Waals surface area contributed by atoms with Gasteiger partial charge in [0.1, 0.15) is 11.2 Å². The zero-order chi connectivity index (χ0) is 19.5. The third-order valence-corrected chi connectivity index (χ3v) is 3.28. The van der Waals surface area contributed by atoms with Crippen LogP contribution in [0.2, 0.25) is 0 Å². The number of aromatic amines is 1. The summed E-state index contributed by atoms with van der Waals surface area (Å²) in [6.07, 6.45) is 0.620. The standard InChI is InChI=1S/C16H22N4O6/c1-5-25-14(23)10-8-18-20-11(10)19-12(21)9(13(20)22)6-7-17-15(24)26-16(2,3)4/h8,22H,5-7H2,1-4H3,(H,17,24)(H,19,21). The number of H-pyrrole nitrogens is 1. The predicted octanol–water partition coefficient (Wildman–Crippen LogP) is 0.972. The number of fused-ring (bicyclic) bond motifs is 1. The highest BCUT2D eigenvalue weighted by molar-refractivity contribution is 5.95. The summed E-state index contributed by atoms with van der Waals surface area (Å²) in [5, 5.41) is 16.7. The van der Waals surface area contributed by atoms with Crippen LogP contribution in [0.4, 0.5) is 4.79 Å². The Labute approximate surface area is 149 Å². The van der Waals surface area contributed by atoms with Crippen LogP contribution in [0.15, 0.2) is 11.0 Å². The van der Waals surface area contributed by atoms with Crippen LogP contribution in [0.3, 0.4) is 0 Å². The van der Waals surface area contributed by atoms with E-state index in [2.05, 4.69) is 15.4 Å². The summed E-state index contributed by atoms with van der Waals surface area (Å²) in [4.78, 5) is 38.2. The first-order valence-corrected chi connectivity index (χ1v) is 8.10. The molecule has 0 radical (unpaired) electrons. The molecule has 0 aliphatic carbocycles. The minimum atomic E-state index is -0.656. The average Bonchev–Trinajstić information content (AvgIpc) is 2.93. The van der Waals surface area contributed by atoms with E-state index in [-0.39, 0.29) is 36.3 Å². The minimum Gasteiger partial charge on any atom is -0.493 e. The fourth-order valence-electron chi connectivity index (χ4n) is 2.23. The Kier molecular flexibility index (Phi) is 5.53. The normalized spacial score (nSPS) is 11.4. The molecule has 0 bridgehead atoms. The van der Waals surface area contributed by atoms with Gasteiger partial charge in [-0.25, -0.2) is 9.59 Å². The molecule has 10 heteroatoms. The first kappa shape index (κ1) is 19.3. The molecule has 1 amide bonds. The number of nitrogens with one attached hydrogen (secondary N) is 2. The highest BCUT2D eigenvalue weighted by atomic mass is 16.6. The summed E-state index contributed by atoms with van der Waals surface area (Å²) in [5.74, 6) is -1.07. The molecule has 10 nitrogen and oxygen atoms in total. The van der Waals surface area contributed by atoms with Gasteiger partial charge in [0.15, 0.2) is 5.65 Å². The number of carbonyl (C=O) groups is 2. The van der Waals surface area contributed by atoms with Crippen molar-refractivity contribution in [1.82, 2.24) is 19.9 Å². The largest absolute Gasteiger partial charge is 0.493 e. The Morgan fingerprint density at radius 1 is 1.38 bits per heavy atom. The molecule has 142 valence electrons. The van der Waals surface area contributed by atoms with Crippen molar-refractivity contribution in [3.63, 3.8) is 0 Å². The van der Waals surface area contributed by atoms with Crippen molar-refractivity contribution < 1.29 is 24.2 Å². The molecule has 0 saturated carbocycles. The van der Waals surface area contributed by atoms with Crippen LogP contribution in [0, 0.1) is 0 Å². The lowest BCUT2D eigenvalue weighted by Crippen LogP contribution is -2.34. The Morgan fingerprint density at radius 2 is 2.08 bits per heavy atom. The molecular formula is C16H22N4O6. The maximum Gasteiger partial charge on any atom is 0.407 e. The number of nitrogens with zero attached hydrogens (tertiary/aromatic N) is 2. The summed E-state index contributed by atoms with van der Waals surface area (Å²) in [7, 11) is 0. The van der Waals surface area contributed by atoms with Crippen LogP contribution >= 0.6 is 0 Å². The lowest BCUT2D eigenvalue weighted by molar-refractivity contribution is 0.0517. The van der Waals surface area contributed by atoms with Crippen LogP contribution in [-0.2, 0) is 15.9 Å². The van der Waals surface area contributed by atoms with Crippen LogP contribution < -0.4 is 10.9 Å². The van der Waals surface area contributed by atoms with Crippen molar-refractivity contribution in [3.8, 4) is 5.88 Å². The maximum atomic E-state index is 12.2. The van der Waals surface area contributed by atoms with Gasteiger partial charge in [-0.3, -0.25) is 4.79 Å². The van der Waals surface area contributed by atoms with E-state index in [1.165, 1.54) is 6.20 Å². The maximum absolute atomic E-state index is 12.2. The topological polar surface area (TPSA) is 135 Å². The Morgan fingerprint density at radius 3 is 2.69 bits per heavy atom. The molecule has 2 rings (SSSR count). The molecule has 0 aliphatic rings. The van der Waals surface area contributed by atoms with E-state index in [1.54, 1.807) is 27.7 Å². The first-order chi connectivity index (χ1) is 12.1. The fourth-order valence-corrected chi connectivity index (χ4v) is 2.23. The van der Waals surface area contributed by atoms with Gasteiger partial charge in [0.2, 0.25) is 5.88 Å². The van der Waals surface area contributed by atoms with Crippen molar-refractivity contribution in [1.29, 1.82) is 0 Å². The summed E-state index contributed by atoms with van der Waals surface area (Å²) in [5.41, 5.74) is -1.13. The lowest BCUT2D eigenvalue weighted by Gasteiger charge is -2.19. The van der Waals surface area contributed by atoms with E-state index in [0.29, 0.717) is 0 Å². The predicted molar refractivity (Wildman–Crippen MR) is 91.4 cm³/mol. The molecule has 3 N–H and O–H groups in total. The number of aromatic hydroxyl groups is 1. The first-order valence-electron chi connectivity index (χ1n) is 8.10. The van der Waals surface area contributed by atoms with Crippen molar-refractivity contribution >= 4 is 17.7 Å². The Bertz CT molecular complexity index is 877. The molecular weight excluding hydrogens is 344 g/mol. The highest BCUT2D eigenvalue weighted by Crippen LogP contribution is 2.17. The summed E-state index contributed by atoms with van der Waals surface area (Å²) < 4.78 is 11.0. The molecule has 0 aliphatic heterocycles. The van der Waals surface area contributed by atoms with Crippen molar-refractivity contribution in [2.75, 3.05) is 13.2 Å². The zero-order valence-electron chi connectivity index (χ0n) is 15.1. The Balaban J connectivity index is 2.18. The van der Waals surface area contributed by atoms with Crippen LogP contribution in [-0.4, -0.2) is 50.5 Å². The van der Waals surface area contributed by atoms with Crippen molar-refractivity contribution in [2.24, 2.45) is 0 Å². The monoisotopic (exact) mass is 366 g/mol. The molecule has 2 aromatic rings. The van der Waals surface area contributed by atoms with Crippen LogP contribution in [0.25, 0.3) is 5.65 Å². The van der Waals surface area contributed by atoms with Gasteiger partial charge in [-0.15, -0.1) is 0 Å². The number of rotatable bonds is 5. The van der Waals surface area contributed by atoms with Crippen molar-refractivity contribution in [3.05, 3.63) is 27.7 Å². The number of hydrogen-bond acceptors (Lipinski definition) is 7. The molecule has 0 aromatic carbocycles. The average molecular weight is 366 g/mol. The second-order valence-corrected chi connectivity index (χ2v) is 6.47. The van der Waals surface area contributed by atoms with E-state index in [1.807, 2.05) is 0 Å². The molecule has 0 spiro atoms. The minimum absolute atomic E-state index is 0.0204. The summed E-state index contributed by atoms with van der Waals surface area (Å²) in [6.45, 7) is 7.09. The van der Waals surface area contributed by atoms with Crippen molar-refractivity contribution in [2.45, 2.75) is 39.7 Å². The van der Waals surface area contributed by atoms with Gasteiger partial charge in [0, 0.05) is 13.0 Å². The number of esters is 1. The number of alkyl carbamates (subject to hydrolysis) is 1. The fraction of sp³-hybridized carbons (Fsp3) is 0.500. The van der Waals surface area contributed by atoms with E-state index in [4.69, 9.17) is 9.47 Å². The van der Waals surface area contributed by atoms with Gasteiger partial charge in [-0.2, -0.15) is 9.61 Å². The van der Waals surface area contributed by atoms with Gasteiger partial charge >= 0.3 is 12.1 Å². The molecule has 0 unspecified atom stereocenters. The summed E-state index contributed by atoms with van der Waals surface area (Å²) in [6, 6.07) is 0. The summed E-state index contributed by atoms with van der Waals surface area (Å²) >= 11 is 0. The molecule has 26 heavy (non-hydrogen) atoms. The molecule has 0 atom stereocenters. The smallest absolute Gasteiger partial charge is 0.407 e. The second-order valence-electron chi connectivity index (χ2n) is 6.47. The number of aromatic nitrogens is 3. The van der Waals surface area contributed by atoms with Crippen LogP contribution in [0.1, 0.15) is 43.6 Å². The van der Waals surface area contributed by atoms with Gasteiger partial charge in [-0.1, -0.05) is 0 Å². The zero-order valence-corrected chi connectivity index (χ0v) is 15.1. The quantitative estimate of drug-likeness (QED) is 0.671. The second kappa shape index (κ2) is 7.46. The number of amides is 1. The SMILES string of the molecule is CCOC(=O)c1cnn2c(O)c(CCNC(=O)OC(C)(C)C)c(=O)[nH]c12. The lowest BCUT2D eigenvalue weighted by atomic mass is 10.2. The van der Waals surface area contributed by atoms with E-state index in [9.17, 15) is 19.5 Å². The van der Waals surface area contributed by atoms with E-state index in [0.717, 1.165) is 4.52 Å². The molecule has 0 fully saturated rings. The molecule has 0 saturated heterocycles. The molecule has 2 heterocycles. The number of ether oxygens (including phenoxy) is 2.